The molecule has 0 unspecified atom stereocenters. The van der Waals surface area contributed by atoms with Gasteiger partial charge in [-0.3, -0.25) is 4.90 Å². The van der Waals surface area contributed by atoms with Gasteiger partial charge in [-0.1, -0.05) is 19.1 Å². The maximum atomic E-state index is 6.51. The van der Waals surface area contributed by atoms with Crippen LogP contribution in [-0.2, 0) is 16.6 Å². The highest BCUT2D eigenvalue weighted by Gasteiger charge is 2.58. The Hall–Kier alpha value is -1.94. The molecule has 1 aliphatic heterocycles. The van der Waals surface area contributed by atoms with Crippen molar-refractivity contribution in [2.45, 2.75) is 50.7 Å². The molecule has 27 heavy (non-hydrogen) atoms. The molecule has 1 aromatic carbocycles. The Labute approximate surface area is 161 Å². The second kappa shape index (κ2) is 6.03. The molecule has 1 saturated carbocycles. The van der Waals surface area contributed by atoms with E-state index in [0.29, 0.717) is 6.04 Å². The molecule has 0 aromatic heterocycles. The minimum atomic E-state index is -0.195. The van der Waals surface area contributed by atoms with Crippen molar-refractivity contribution in [2.75, 3.05) is 27.3 Å². The average molecular weight is 367 g/mol. The first-order valence-corrected chi connectivity index (χ1v) is 10.2. The molecule has 5 rings (SSSR count). The third-order valence-corrected chi connectivity index (χ3v) is 7.04. The Morgan fingerprint density at radius 1 is 1.19 bits per heavy atom. The number of likely N-dealkylation sites (N-methyl/N-ethyl adjacent to an activating group) is 1. The lowest BCUT2D eigenvalue weighted by molar-refractivity contribution is 0.107. The summed E-state index contributed by atoms with van der Waals surface area (Å²) in [5.41, 5.74) is 3.97. The summed E-state index contributed by atoms with van der Waals surface area (Å²) in [5.74, 6) is 3.51. The van der Waals surface area contributed by atoms with Gasteiger partial charge in [0, 0.05) is 18.2 Å². The molecule has 0 bridgehead atoms. The molecule has 4 aliphatic rings. The third-order valence-electron chi connectivity index (χ3n) is 7.04. The normalized spacial score (nSPS) is 30.4. The van der Waals surface area contributed by atoms with E-state index >= 15 is 0 Å². The molecular formula is C23H29NO3. The molecule has 0 amide bonds. The Kier molecular flexibility index (Phi) is 3.84. The minimum absolute atomic E-state index is 0.116. The van der Waals surface area contributed by atoms with Gasteiger partial charge in [-0.05, 0) is 61.9 Å². The highest BCUT2D eigenvalue weighted by molar-refractivity contribution is 5.66. The highest BCUT2D eigenvalue weighted by Crippen LogP contribution is 2.59. The first kappa shape index (κ1) is 17.2. The van der Waals surface area contributed by atoms with Crippen molar-refractivity contribution in [3.8, 4) is 11.5 Å². The van der Waals surface area contributed by atoms with Gasteiger partial charge >= 0.3 is 0 Å². The molecule has 3 atom stereocenters. The predicted molar refractivity (Wildman–Crippen MR) is 105 cm³/mol. The summed E-state index contributed by atoms with van der Waals surface area (Å²) in [5, 5.41) is 0. The van der Waals surface area contributed by atoms with Crippen LogP contribution in [0, 0.1) is 5.92 Å². The number of allylic oxidation sites excluding steroid dienone is 2. The van der Waals surface area contributed by atoms with Crippen LogP contribution in [0.4, 0.5) is 0 Å². The van der Waals surface area contributed by atoms with Gasteiger partial charge in [-0.15, -0.1) is 0 Å². The fourth-order valence-electron chi connectivity index (χ4n) is 5.44. The zero-order valence-corrected chi connectivity index (χ0v) is 16.7. The number of hydrogen-bond donors (Lipinski definition) is 0. The van der Waals surface area contributed by atoms with E-state index in [1.807, 2.05) is 0 Å². The molecule has 0 radical (unpaired) electrons. The summed E-state index contributed by atoms with van der Waals surface area (Å²) < 4.78 is 17.9. The average Bonchev–Trinajstić information content (AvgIpc) is 3.44. The van der Waals surface area contributed by atoms with Crippen LogP contribution in [-0.4, -0.2) is 44.4 Å². The van der Waals surface area contributed by atoms with Crippen LogP contribution in [0.1, 0.15) is 37.8 Å². The number of hydrogen-bond acceptors (Lipinski definition) is 4. The van der Waals surface area contributed by atoms with Gasteiger partial charge in [0.1, 0.15) is 5.76 Å². The van der Waals surface area contributed by atoms with Gasteiger partial charge in [-0.25, -0.2) is 0 Å². The van der Waals surface area contributed by atoms with E-state index in [1.54, 1.807) is 14.2 Å². The van der Waals surface area contributed by atoms with Crippen molar-refractivity contribution in [1.82, 2.24) is 4.90 Å². The molecule has 4 nitrogen and oxygen atoms in total. The Bertz CT molecular complexity index is 838. The largest absolute Gasteiger partial charge is 0.497 e. The first-order valence-electron chi connectivity index (χ1n) is 10.2. The van der Waals surface area contributed by atoms with Gasteiger partial charge in [0.2, 0.25) is 0 Å². The monoisotopic (exact) mass is 367 g/mol. The minimum Gasteiger partial charge on any atom is -0.497 e. The van der Waals surface area contributed by atoms with E-state index in [9.17, 15) is 0 Å². The zero-order valence-electron chi connectivity index (χ0n) is 16.7. The van der Waals surface area contributed by atoms with Crippen molar-refractivity contribution >= 4 is 0 Å². The molecule has 1 aromatic rings. The topological polar surface area (TPSA) is 30.9 Å². The SMILES string of the molecule is CCN(CC1CC1)[C@@H]1Cc2ccc(OC)c3c2[C@]2(C)C1=CC=C(OC)[C@@H]2O3. The fraction of sp³-hybridized carbons (Fsp3) is 0.565. The molecule has 0 spiro atoms. The van der Waals surface area contributed by atoms with E-state index in [4.69, 9.17) is 14.2 Å². The Morgan fingerprint density at radius 2 is 2.00 bits per heavy atom. The zero-order chi connectivity index (χ0) is 18.8. The smallest absolute Gasteiger partial charge is 0.169 e. The highest BCUT2D eigenvalue weighted by atomic mass is 16.6. The van der Waals surface area contributed by atoms with Crippen LogP contribution in [0.15, 0.2) is 35.6 Å². The number of nitrogens with zero attached hydrogens (tertiary/aromatic N) is 1. The van der Waals surface area contributed by atoms with Crippen LogP contribution in [0.5, 0.6) is 11.5 Å². The van der Waals surface area contributed by atoms with Crippen LogP contribution in [0.2, 0.25) is 0 Å². The molecule has 144 valence electrons. The molecular weight excluding hydrogens is 338 g/mol. The van der Waals surface area contributed by atoms with Crippen LogP contribution >= 0.6 is 0 Å². The number of ether oxygens (including phenoxy) is 3. The summed E-state index contributed by atoms with van der Waals surface area (Å²) >= 11 is 0. The summed E-state index contributed by atoms with van der Waals surface area (Å²) in [6, 6.07) is 4.73. The van der Waals surface area contributed by atoms with Crippen molar-refractivity contribution in [3.05, 3.63) is 46.7 Å². The number of rotatable bonds is 6. The van der Waals surface area contributed by atoms with E-state index in [1.165, 1.54) is 36.1 Å². The van der Waals surface area contributed by atoms with E-state index < -0.39 is 0 Å². The summed E-state index contributed by atoms with van der Waals surface area (Å²) in [6.07, 6.45) is 8.11. The molecule has 4 heteroatoms. The van der Waals surface area contributed by atoms with Gasteiger partial charge in [0.15, 0.2) is 17.6 Å². The van der Waals surface area contributed by atoms with E-state index in [-0.39, 0.29) is 11.5 Å². The molecule has 3 aliphatic carbocycles. The molecule has 0 saturated heterocycles. The van der Waals surface area contributed by atoms with Gasteiger partial charge in [0.25, 0.3) is 0 Å². The Morgan fingerprint density at radius 3 is 2.67 bits per heavy atom. The van der Waals surface area contributed by atoms with Crippen molar-refractivity contribution in [1.29, 1.82) is 0 Å². The van der Waals surface area contributed by atoms with Crippen molar-refractivity contribution in [2.24, 2.45) is 5.92 Å². The summed E-state index contributed by atoms with van der Waals surface area (Å²) in [7, 11) is 3.46. The summed E-state index contributed by atoms with van der Waals surface area (Å²) in [4.78, 5) is 2.68. The first-order chi connectivity index (χ1) is 13.1. The molecule has 0 N–H and O–H groups in total. The fourth-order valence-corrected chi connectivity index (χ4v) is 5.44. The second-order valence-corrected chi connectivity index (χ2v) is 8.48. The van der Waals surface area contributed by atoms with Crippen LogP contribution in [0.25, 0.3) is 0 Å². The second-order valence-electron chi connectivity index (χ2n) is 8.48. The van der Waals surface area contributed by atoms with E-state index in [0.717, 1.165) is 36.1 Å². The lowest BCUT2D eigenvalue weighted by Gasteiger charge is -2.47. The maximum Gasteiger partial charge on any atom is 0.169 e. The standard InChI is InChI=1S/C23H29NO3/c1-5-24(13-14-6-7-14)17-12-15-8-10-18(25-3)21-20(15)23(2)16(17)9-11-19(26-4)22(23)27-21/h8-11,14,17,22H,5-7,12-13H2,1-4H3/t17-,22+,23+/m1/s1. The van der Waals surface area contributed by atoms with Gasteiger partial charge in [-0.2, -0.15) is 0 Å². The van der Waals surface area contributed by atoms with Crippen molar-refractivity contribution in [3.63, 3.8) is 0 Å². The summed E-state index contributed by atoms with van der Waals surface area (Å²) in [6.45, 7) is 6.92. The molecule has 1 heterocycles. The number of benzene rings is 1. The lowest BCUT2D eigenvalue weighted by atomic mass is 9.61. The lowest BCUT2D eigenvalue weighted by Crippen LogP contribution is -2.52. The molecule has 1 fully saturated rings. The van der Waals surface area contributed by atoms with Crippen LogP contribution in [0.3, 0.4) is 0 Å². The van der Waals surface area contributed by atoms with Crippen LogP contribution < -0.4 is 9.47 Å². The van der Waals surface area contributed by atoms with E-state index in [2.05, 4.69) is 43.0 Å². The quantitative estimate of drug-likeness (QED) is 0.764. The third kappa shape index (κ3) is 2.32. The van der Waals surface area contributed by atoms with Gasteiger partial charge < -0.3 is 14.2 Å². The van der Waals surface area contributed by atoms with Crippen molar-refractivity contribution < 1.29 is 14.2 Å². The predicted octanol–water partition coefficient (Wildman–Crippen LogP) is 3.84. The van der Waals surface area contributed by atoms with Gasteiger partial charge in [0.05, 0.1) is 19.6 Å². The number of methoxy groups -OCH3 is 2. The maximum absolute atomic E-state index is 6.51. The Balaban J connectivity index is 1.67.